The van der Waals surface area contributed by atoms with Gasteiger partial charge in [-0.1, -0.05) is 38.1 Å². The van der Waals surface area contributed by atoms with Crippen molar-refractivity contribution in [2.24, 2.45) is 0 Å². The van der Waals surface area contributed by atoms with Gasteiger partial charge in [0.15, 0.2) is 6.10 Å². The van der Waals surface area contributed by atoms with Crippen LogP contribution in [0.5, 0.6) is 11.5 Å². The van der Waals surface area contributed by atoms with Gasteiger partial charge in [-0.05, 0) is 49.8 Å². The molecule has 2 aromatic rings. The van der Waals surface area contributed by atoms with E-state index in [-0.39, 0.29) is 24.3 Å². The predicted octanol–water partition coefficient (Wildman–Crippen LogP) is 3.40. The molecule has 0 fully saturated rings. The maximum atomic E-state index is 12.7. The molecule has 0 aliphatic carbocycles. The van der Waals surface area contributed by atoms with E-state index in [1.807, 2.05) is 42.5 Å². The standard InChI is InChI=1S/C25H33N3O4/c1-5-27(6-2)22(19-10-9-11-20(16-19)31-4)17-26-24(29)14-15-28-21-12-7-8-13-23(21)32-18(3)25(28)30/h7-13,16,18,22H,5-6,14-15,17H2,1-4H3,(H,26,29). The molecule has 2 atom stereocenters. The van der Waals surface area contributed by atoms with Crippen LogP contribution in [0.4, 0.5) is 5.69 Å². The number of carbonyl (C=O) groups is 2. The lowest BCUT2D eigenvalue weighted by Gasteiger charge is -2.33. The molecule has 7 heteroatoms. The lowest BCUT2D eigenvalue weighted by Crippen LogP contribution is -2.46. The second-order valence-corrected chi connectivity index (χ2v) is 7.79. The molecule has 7 nitrogen and oxygen atoms in total. The van der Waals surface area contributed by atoms with Gasteiger partial charge in [-0.3, -0.25) is 14.5 Å². The van der Waals surface area contributed by atoms with Crippen LogP contribution >= 0.6 is 0 Å². The van der Waals surface area contributed by atoms with Crippen molar-refractivity contribution in [2.75, 3.05) is 38.2 Å². The molecule has 2 unspecified atom stereocenters. The summed E-state index contributed by atoms with van der Waals surface area (Å²) in [7, 11) is 1.65. The first-order chi connectivity index (χ1) is 15.5. The fraction of sp³-hybridized carbons (Fsp3) is 0.440. The molecule has 0 bridgehead atoms. The molecule has 0 saturated carbocycles. The lowest BCUT2D eigenvalue weighted by atomic mass is 10.0. The highest BCUT2D eigenvalue weighted by atomic mass is 16.5. The van der Waals surface area contributed by atoms with Gasteiger partial charge in [0.05, 0.1) is 18.8 Å². The summed E-state index contributed by atoms with van der Waals surface area (Å²) in [4.78, 5) is 29.3. The van der Waals surface area contributed by atoms with Gasteiger partial charge >= 0.3 is 0 Å². The number of likely N-dealkylation sites (N-methyl/N-ethyl adjacent to an activating group) is 1. The van der Waals surface area contributed by atoms with Crippen LogP contribution in [0.1, 0.15) is 38.8 Å². The molecule has 0 aromatic heterocycles. The van der Waals surface area contributed by atoms with Crippen LogP contribution in [0.15, 0.2) is 48.5 Å². The van der Waals surface area contributed by atoms with E-state index in [9.17, 15) is 9.59 Å². The first kappa shape index (κ1) is 23.6. The van der Waals surface area contributed by atoms with Gasteiger partial charge in [0.2, 0.25) is 5.91 Å². The Hall–Kier alpha value is -3.06. The molecule has 1 aliphatic heterocycles. The number of hydrogen-bond acceptors (Lipinski definition) is 5. The summed E-state index contributed by atoms with van der Waals surface area (Å²) in [6.45, 7) is 8.48. The number of carbonyl (C=O) groups excluding carboxylic acids is 2. The van der Waals surface area contributed by atoms with Crippen LogP contribution in [0.25, 0.3) is 0 Å². The van der Waals surface area contributed by atoms with Gasteiger partial charge in [0.25, 0.3) is 5.91 Å². The number of rotatable bonds is 10. The van der Waals surface area contributed by atoms with Gasteiger partial charge in [-0.25, -0.2) is 0 Å². The number of methoxy groups -OCH3 is 1. The zero-order chi connectivity index (χ0) is 23.1. The number of amides is 2. The van der Waals surface area contributed by atoms with E-state index in [0.717, 1.165) is 24.4 Å². The number of ether oxygens (including phenoxy) is 2. The quantitative estimate of drug-likeness (QED) is 0.614. The average Bonchev–Trinajstić information content (AvgIpc) is 2.82. The van der Waals surface area contributed by atoms with Gasteiger partial charge < -0.3 is 19.7 Å². The third kappa shape index (κ3) is 5.40. The molecule has 172 valence electrons. The predicted molar refractivity (Wildman–Crippen MR) is 125 cm³/mol. The minimum absolute atomic E-state index is 0.0369. The molecule has 1 heterocycles. The second-order valence-electron chi connectivity index (χ2n) is 7.79. The van der Waals surface area contributed by atoms with E-state index >= 15 is 0 Å². The van der Waals surface area contributed by atoms with E-state index in [2.05, 4.69) is 30.1 Å². The fourth-order valence-corrected chi connectivity index (χ4v) is 4.07. The van der Waals surface area contributed by atoms with Crippen molar-refractivity contribution in [1.82, 2.24) is 10.2 Å². The highest BCUT2D eigenvalue weighted by molar-refractivity contribution is 6.00. The Morgan fingerprint density at radius 3 is 2.66 bits per heavy atom. The van der Waals surface area contributed by atoms with Gasteiger partial charge in [-0.2, -0.15) is 0 Å². The Kier molecular flexibility index (Phi) is 8.11. The molecular weight excluding hydrogens is 406 g/mol. The average molecular weight is 440 g/mol. The van der Waals surface area contributed by atoms with Crippen molar-refractivity contribution in [3.63, 3.8) is 0 Å². The number of hydrogen-bond donors (Lipinski definition) is 1. The molecule has 32 heavy (non-hydrogen) atoms. The molecule has 0 radical (unpaired) electrons. The summed E-state index contributed by atoms with van der Waals surface area (Å²) in [5.41, 5.74) is 1.81. The van der Waals surface area contributed by atoms with Crippen LogP contribution in [0, 0.1) is 0 Å². The number of nitrogens with zero attached hydrogens (tertiary/aromatic N) is 2. The van der Waals surface area contributed by atoms with Crippen LogP contribution in [-0.2, 0) is 9.59 Å². The Bertz CT molecular complexity index is 929. The zero-order valence-corrected chi connectivity index (χ0v) is 19.3. The summed E-state index contributed by atoms with van der Waals surface area (Å²) in [5.74, 6) is 1.24. The number of fused-ring (bicyclic) bond motifs is 1. The maximum absolute atomic E-state index is 12.7. The minimum Gasteiger partial charge on any atom is -0.497 e. The number of nitrogens with one attached hydrogen (secondary N) is 1. The SMILES string of the molecule is CCN(CC)C(CNC(=O)CCN1C(=O)C(C)Oc2ccccc21)c1cccc(OC)c1. The van der Waals surface area contributed by atoms with Crippen molar-refractivity contribution < 1.29 is 19.1 Å². The highest BCUT2D eigenvalue weighted by Gasteiger charge is 2.31. The molecule has 0 saturated heterocycles. The van der Waals surface area contributed by atoms with Crippen molar-refractivity contribution in [3.05, 3.63) is 54.1 Å². The Labute approximate surface area is 190 Å². The summed E-state index contributed by atoms with van der Waals surface area (Å²) in [6, 6.07) is 15.4. The van der Waals surface area contributed by atoms with Crippen LogP contribution in [-0.4, -0.2) is 56.1 Å². The first-order valence-electron chi connectivity index (χ1n) is 11.2. The Balaban J connectivity index is 1.65. The Morgan fingerprint density at radius 1 is 1.19 bits per heavy atom. The molecule has 2 aromatic carbocycles. The summed E-state index contributed by atoms with van der Waals surface area (Å²) >= 11 is 0. The molecule has 2 amide bonds. The van der Waals surface area contributed by atoms with Gasteiger partial charge in [-0.15, -0.1) is 0 Å². The van der Waals surface area contributed by atoms with Crippen molar-refractivity contribution in [3.8, 4) is 11.5 Å². The normalized spacial score (nSPS) is 16.3. The highest BCUT2D eigenvalue weighted by Crippen LogP contribution is 2.33. The van der Waals surface area contributed by atoms with Gasteiger partial charge in [0.1, 0.15) is 11.5 Å². The number of anilines is 1. The molecule has 0 spiro atoms. The lowest BCUT2D eigenvalue weighted by molar-refractivity contribution is -0.125. The third-order valence-electron chi connectivity index (χ3n) is 5.86. The minimum atomic E-state index is -0.562. The van der Waals surface area contributed by atoms with E-state index in [4.69, 9.17) is 9.47 Å². The smallest absolute Gasteiger partial charge is 0.267 e. The molecule has 1 aliphatic rings. The number of benzene rings is 2. The van der Waals surface area contributed by atoms with Crippen molar-refractivity contribution in [1.29, 1.82) is 0 Å². The topological polar surface area (TPSA) is 71.1 Å². The van der Waals surface area contributed by atoms with Crippen LogP contribution in [0.3, 0.4) is 0 Å². The molecular formula is C25H33N3O4. The molecule has 3 rings (SSSR count). The van der Waals surface area contributed by atoms with Crippen LogP contribution in [0.2, 0.25) is 0 Å². The maximum Gasteiger partial charge on any atom is 0.267 e. The third-order valence-corrected chi connectivity index (χ3v) is 5.86. The zero-order valence-electron chi connectivity index (χ0n) is 19.3. The van der Waals surface area contributed by atoms with E-state index in [1.54, 1.807) is 18.9 Å². The number of para-hydroxylation sites is 2. The van der Waals surface area contributed by atoms with E-state index in [1.165, 1.54) is 0 Å². The Morgan fingerprint density at radius 2 is 1.94 bits per heavy atom. The van der Waals surface area contributed by atoms with Crippen molar-refractivity contribution in [2.45, 2.75) is 39.3 Å². The summed E-state index contributed by atoms with van der Waals surface area (Å²) < 4.78 is 11.0. The summed E-state index contributed by atoms with van der Waals surface area (Å²) in [5, 5.41) is 3.07. The second kappa shape index (κ2) is 11.0. The molecule has 1 N–H and O–H groups in total. The van der Waals surface area contributed by atoms with E-state index in [0.29, 0.717) is 24.5 Å². The van der Waals surface area contributed by atoms with Gasteiger partial charge in [0, 0.05) is 19.5 Å². The van der Waals surface area contributed by atoms with E-state index < -0.39 is 6.10 Å². The fourth-order valence-electron chi connectivity index (χ4n) is 4.07. The summed E-state index contributed by atoms with van der Waals surface area (Å²) in [6.07, 6.45) is -0.344. The first-order valence-corrected chi connectivity index (χ1v) is 11.2. The monoisotopic (exact) mass is 439 g/mol. The largest absolute Gasteiger partial charge is 0.497 e. The van der Waals surface area contributed by atoms with Crippen molar-refractivity contribution >= 4 is 17.5 Å². The van der Waals surface area contributed by atoms with Crippen LogP contribution < -0.4 is 19.7 Å².